The Hall–Kier alpha value is -1.07. The first-order valence-electron chi connectivity index (χ1n) is 5.92. The third-order valence-corrected chi connectivity index (χ3v) is 3.08. The summed E-state index contributed by atoms with van der Waals surface area (Å²) in [4.78, 5) is 23.3. The zero-order chi connectivity index (χ0) is 14.4. The van der Waals surface area contributed by atoms with Crippen molar-refractivity contribution >= 4 is 39.3 Å². The van der Waals surface area contributed by atoms with Crippen LogP contribution in [0.1, 0.15) is 30.6 Å². The van der Waals surface area contributed by atoms with E-state index in [0.717, 1.165) is 4.47 Å². The van der Waals surface area contributed by atoms with E-state index in [1.807, 2.05) is 13.8 Å². The van der Waals surface area contributed by atoms with E-state index in [1.54, 1.807) is 18.2 Å². The van der Waals surface area contributed by atoms with Gasteiger partial charge in [-0.05, 0) is 32.0 Å². The number of hydrogen-bond donors (Lipinski definition) is 2. The van der Waals surface area contributed by atoms with Crippen LogP contribution in [0.3, 0.4) is 0 Å². The summed E-state index contributed by atoms with van der Waals surface area (Å²) in [5.41, 5.74) is 0.389. The minimum atomic E-state index is -0.288. The van der Waals surface area contributed by atoms with Crippen molar-refractivity contribution in [2.75, 3.05) is 6.54 Å². The van der Waals surface area contributed by atoms with Gasteiger partial charge >= 0.3 is 0 Å². The summed E-state index contributed by atoms with van der Waals surface area (Å²) in [7, 11) is 0. The van der Waals surface area contributed by atoms with E-state index in [9.17, 15) is 9.59 Å². The highest BCUT2D eigenvalue weighted by atomic mass is 79.9. The molecule has 0 fully saturated rings. The third kappa shape index (κ3) is 5.61. The van der Waals surface area contributed by atoms with Gasteiger partial charge in [-0.3, -0.25) is 9.59 Å². The normalized spacial score (nSPS) is 10.4. The molecule has 1 aromatic rings. The molecule has 6 heteroatoms. The Morgan fingerprint density at radius 3 is 2.68 bits per heavy atom. The summed E-state index contributed by atoms with van der Waals surface area (Å²) in [5, 5.41) is 5.80. The van der Waals surface area contributed by atoms with Crippen LogP contribution in [0, 0.1) is 0 Å². The first-order valence-corrected chi connectivity index (χ1v) is 7.10. The van der Waals surface area contributed by atoms with Crippen LogP contribution in [0.25, 0.3) is 0 Å². The lowest BCUT2D eigenvalue weighted by molar-refractivity contribution is -0.121. The predicted octanol–water partition coefficient (Wildman–Crippen LogP) is 2.75. The molecule has 0 saturated carbocycles. The second kappa shape index (κ2) is 7.50. The molecule has 0 aliphatic heterocycles. The number of amides is 2. The standard InChI is InChI=1S/C13H16BrClN2O2/c1-8(2)17-12(18)5-6-16-13(19)10-7-9(14)3-4-11(10)15/h3-4,7-8H,5-6H2,1-2H3,(H,16,19)(H,17,18). The number of carbonyl (C=O) groups is 2. The van der Waals surface area contributed by atoms with Gasteiger partial charge in [0.15, 0.2) is 0 Å². The maximum Gasteiger partial charge on any atom is 0.252 e. The van der Waals surface area contributed by atoms with Gasteiger partial charge in [-0.15, -0.1) is 0 Å². The largest absolute Gasteiger partial charge is 0.354 e. The summed E-state index contributed by atoms with van der Waals surface area (Å²) in [6.07, 6.45) is 0.246. The van der Waals surface area contributed by atoms with Crippen LogP contribution in [-0.2, 0) is 4.79 Å². The van der Waals surface area contributed by atoms with Crippen molar-refractivity contribution in [2.24, 2.45) is 0 Å². The van der Waals surface area contributed by atoms with Crippen LogP contribution in [0.15, 0.2) is 22.7 Å². The summed E-state index contributed by atoms with van der Waals surface area (Å²) in [6, 6.07) is 5.15. The van der Waals surface area contributed by atoms with Crippen LogP contribution in [0.2, 0.25) is 5.02 Å². The molecule has 0 unspecified atom stereocenters. The van der Waals surface area contributed by atoms with Crippen molar-refractivity contribution in [2.45, 2.75) is 26.3 Å². The van der Waals surface area contributed by atoms with Gasteiger partial charge in [-0.25, -0.2) is 0 Å². The predicted molar refractivity (Wildman–Crippen MR) is 79.4 cm³/mol. The van der Waals surface area contributed by atoms with E-state index in [-0.39, 0.29) is 30.8 Å². The maximum absolute atomic E-state index is 11.9. The van der Waals surface area contributed by atoms with E-state index in [2.05, 4.69) is 26.6 Å². The van der Waals surface area contributed by atoms with Gasteiger partial charge in [-0.1, -0.05) is 27.5 Å². The minimum Gasteiger partial charge on any atom is -0.354 e. The first kappa shape index (κ1) is 16.0. The topological polar surface area (TPSA) is 58.2 Å². The average Bonchev–Trinajstić information content (AvgIpc) is 2.31. The van der Waals surface area contributed by atoms with Crippen molar-refractivity contribution < 1.29 is 9.59 Å². The Morgan fingerprint density at radius 1 is 1.37 bits per heavy atom. The van der Waals surface area contributed by atoms with Gasteiger partial charge in [0.25, 0.3) is 5.91 Å². The third-order valence-electron chi connectivity index (χ3n) is 2.26. The fourth-order valence-electron chi connectivity index (χ4n) is 1.45. The lowest BCUT2D eigenvalue weighted by Gasteiger charge is -2.09. The van der Waals surface area contributed by atoms with Crippen molar-refractivity contribution in [3.05, 3.63) is 33.3 Å². The second-order valence-corrected chi connectivity index (χ2v) is 5.68. The molecule has 2 N–H and O–H groups in total. The molecule has 0 aliphatic rings. The molecule has 0 saturated heterocycles. The molecule has 0 heterocycles. The molecule has 4 nitrogen and oxygen atoms in total. The molecule has 2 amide bonds. The van der Waals surface area contributed by atoms with Crippen LogP contribution in [0.5, 0.6) is 0 Å². The Labute approximate surface area is 126 Å². The van der Waals surface area contributed by atoms with Gasteiger partial charge in [0.05, 0.1) is 10.6 Å². The lowest BCUT2D eigenvalue weighted by atomic mass is 10.2. The molecule has 1 rings (SSSR count). The Morgan fingerprint density at radius 2 is 2.05 bits per heavy atom. The fourth-order valence-corrected chi connectivity index (χ4v) is 2.01. The smallest absolute Gasteiger partial charge is 0.252 e. The molecule has 0 spiro atoms. The van der Waals surface area contributed by atoms with Crippen LogP contribution in [0.4, 0.5) is 0 Å². The molecule has 0 atom stereocenters. The summed E-state index contributed by atoms with van der Waals surface area (Å²) in [6.45, 7) is 4.05. The molecule has 104 valence electrons. The SMILES string of the molecule is CC(C)NC(=O)CCNC(=O)c1cc(Br)ccc1Cl. The van der Waals surface area contributed by atoms with Gasteiger partial charge in [0.2, 0.25) is 5.91 Å². The van der Waals surface area contributed by atoms with E-state index >= 15 is 0 Å². The van der Waals surface area contributed by atoms with Crippen LogP contribution in [-0.4, -0.2) is 24.4 Å². The van der Waals surface area contributed by atoms with Crippen molar-refractivity contribution in [3.8, 4) is 0 Å². The zero-order valence-corrected chi connectivity index (χ0v) is 13.1. The average molecular weight is 348 g/mol. The molecule has 0 aliphatic carbocycles. The molecule has 0 radical (unpaired) electrons. The Kier molecular flexibility index (Phi) is 6.31. The van der Waals surface area contributed by atoms with Gasteiger partial charge in [-0.2, -0.15) is 0 Å². The maximum atomic E-state index is 11.9. The second-order valence-electron chi connectivity index (χ2n) is 4.35. The molecule has 0 aromatic heterocycles. The number of benzene rings is 1. The molecular formula is C13H16BrClN2O2. The summed E-state index contributed by atoms with van der Waals surface area (Å²) in [5.74, 6) is -0.376. The van der Waals surface area contributed by atoms with E-state index < -0.39 is 0 Å². The van der Waals surface area contributed by atoms with Gasteiger partial charge < -0.3 is 10.6 Å². The Balaban J connectivity index is 2.48. The van der Waals surface area contributed by atoms with Gasteiger partial charge in [0.1, 0.15) is 0 Å². The van der Waals surface area contributed by atoms with Crippen molar-refractivity contribution in [1.82, 2.24) is 10.6 Å². The zero-order valence-electron chi connectivity index (χ0n) is 10.8. The quantitative estimate of drug-likeness (QED) is 0.860. The van der Waals surface area contributed by atoms with Crippen LogP contribution >= 0.6 is 27.5 Å². The minimum absolute atomic E-state index is 0.0874. The summed E-state index contributed by atoms with van der Waals surface area (Å²) < 4.78 is 0.777. The van der Waals surface area contributed by atoms with Crippen molar-refractivity contribution in [1.29, 1.82) is 0 Å². The van der Waals surface area contributed by atoms with Crippen molar-refractivity contribution in [3.63, 3.8) is 0 Å². The van der Waals surface area contributed by atoms with Gasteiger partial charge in [0, 0.05) is 23.5 Å². The highest BCUT2D eigenvalue weighted by Crippen LogP contribution is 2.20. The molecule has 0 bridgehead atoms. The van der Waals surface area contributed by atoms with Crippen LogP contribution < -0.4 is 10.6 Å². The summed E-state index contributed by atoms with van der Waals surface area (Å²) >= 11 is 9.22. The number of hydrogen-bond acceptors (Lipinski definition) is 2. The molecule has 19 heavy (non-hydrogen) atoms. The monoisotopic (exact) mass is 346 g/mol. The number of nitrogens with one attached hydrogen (secondary N) is 2. The Bertz CT molecular complexity index is 478. The molecule has 1 aromatic carbocycles. The van der Waals surface area contributed by atoms with E-state index in [1.165, 1.54) is 0 Å². The fraction of sp³-hybridized carbons (Fsp3) is 0.385. The number of carbonyl (C=O) groups excluding carboxylic acids is 2. The highest BCUT2D eigenvalue weighted by Gasteiger charge is 2.11. The number of rotatable bonds is 5. The first-order chi connectivity index (χ1) is 8.90. The molecular weight excluding hydrogens is 332 g/mol. The lowest BCUT2D eigenvalue weighted by Crippen LogP contribution is -2.34. The highest BCUT2D eigenvalue weighted by molar-refractivity contribution is 9.10. The van der Waals surface area contributed by atoms with E-state index in [4.69, 9.17) is 11.6 Å². The number of halogens is 2. The van der Waals surface area contributed by atoms with E-state index in [0.29, 0.717) is 10.6 Å².